The molecule has 0 radical (unpaired) electrons. The second-order valence-electron chi connectivity index (χ2n) is 2.65. The third-order valence-corrected chi connectivity index (χ3v) is 2.57. The highest BCUT2D eigenvalue weighted by atomic mass is 32.2. The average Bonchev–Trinajstić information content (AvgIpc) is 2.06. The minimum absolute atomic E-state index is 0.445. The van der Waals surface area contributed by atoms with E-state index in [1.165, 1.54) is 0 Å². The number of aromatic hydroxyl groups is 1. The molecule has 8 heteroatoms. The fraction of sp³-hybridized carbons (Fsp3) is 0. The minimum Gasteiger partial charge on any atom is -0.504 e. The molecule has 0 aliphatic carbocycles. The Hall–Kier alpha value is -1.80. The molecule has 0 spiro atoms. The molecular formula is C7H7NO6S. The molecular weight excluding hydrogens is 226 g/mol. The average molecular weight is 233 g/mol. The van der Waals surface area contributed by atoms with Crippen LogP contribution in [0.1, 0.15) is 10.4 Å². The van der Waals surface area contributed by atoms with E-state index in [-0.39, 0.29) is 0 Å². The normalized spacial score (nSPS) is 11.3. The summed E-state index contributed by atoms with van der Waals surface area (Å²) >= 11 is 0. The molecule has 0 atom stereocenters. The zero-order valence-corrected chi connectivity index (χ0v) is 8.02. The highest BCUT2D eigenvalue weighted by Crippen LogP contribution is 2.31. The first-order valence-corrected chi connectivity index (χ1v) is 5.01. The minimum atomic E-state index is -4.62. The van der Waals surface area contributed by atoms with Crippen LogP contribution in [0.5, 0.6) is 5.75 Å². The molecule has 15 heavy (non-hydrogen) atoms. The molecule has 0 aliphatic heterocycles. The standard InChI is InChI=1S/C7H7NO6S/c8-5-3(7(10)11)1-2-4(6(5)9)15(12,13)14/h1-2,9H,8H2,(H,10,11)(H,12,13,14). The van der Waals surface area contributed by atoms with Crippen molar-refractivity contribution in [1.82, 2.24) is 0 Å². The van der Waals surface area contributed by atoms with E-state index in [4.69, 9.17) is 15.4 Å². The molecule has 7 nitrogen and oxygen atoms in total. The van der Waals surface area contributed by atoms with Crippen molar-refractivity contribution < 1.29 is 28.0 Å². The Labute approximate surface area is 84.5 Å². The van der Waals surface area contributed by atoms with Crippen LogP contribution in [0.15, 0.2) is 17.0 Å². The second kappa shape index (κ2) is 3.41. The summed E-state index contributed by atoms with van der Waals surface area (Å²) in [5, 5.41) is 17.8. The Balaban J connectivity index is 3.55. The molecule has 0 fully saturated rings. The van der Waals surface area contributed by atoms with Crippen molar-refractivity contribution >= 4 is 21.8 Å². The number of carbonyl (C=O) groups is 1. The topological polar surface area (TPSA) is 138 Å². The van der Waals surface area contributed by atoms with Gasteiger partial charge in [-0.3, -0.25) is 4.55 Å². The van der Waals surface area contributed by atoms with Gasteiger partial charge in [0.05, 0.1) is 11.3 Å². The maximum absolute atomic E-state index is 10.7. The van der Waals surface area contributed by atoms with Gasteiger partial charge in [-0.25, -0.2) is 4.79 Å². The predicted molar refractivity (Wildman–Crippen MR) is 49.3 cm³/mol. The van der Waals surface area contributed by atoms with Gasteiger partial charge in [0, 0.05) is 0 Å². The maximum atomic E-state index is 10.7. The molecule has 0 bridgehead atoms. The Morgan fingerprint density at radius 1 is 1.33 bits per heavy atom. The van der Waals surface area contributed by atoms with E-state index in [0.717, 1.165) is 12.1 Å². The molecule has 1 rings (SSSR count). The third-order valence-electron chi connectivity index (χ3n) is 1.69. The molecule has 0 saturated carbocycles. The first-order valence-electron chi connectivity index (χ1n) is 3.57. The molecule has 1 aromatic rings. The molecule has 0 heterocycles. The monoisotopic (exact) mass is 233 g/mol. The van der Waals surface area contributed by atoms with Gasteiger partial charge in [0.25, 0.3) is 10.1 Å². The van der Waals surface area contributed by atoms with Crippen molar-refractivity contribution in [3.63, 3.8) is 0 Å². The number of nitrogens with two attached hydrogens (primary N) is 1. The van der Waals surface area contributed by atoms with Crippen molar-refractivity contribution in [2.75, 3.05) is 5.73 Å². The zero-order valence-electron chi connectivity index (χ0n) is 7.21. The number of phenolic OH excluding ortho intramolecular Hbond substituents is 1. The van der Waals surface area contributed by atoms with Crippen LogP contribution in [0.2, 0.25) is 0 Å². The predicted octanol–water partition coefficient (Wildman–Crippen LogP) is -0.0807. The van der Waals surface area contributed by atoms with Crippen molar-refractivity contribution in [3.05, 3.63) is 17.7 Å². The van der Waals surface area contributed by atoms with Crippen molar-refractivity contribution in [1.29, 1.82) is 0 Å². The molecule has 0 amide bonds. The van der Waals surface area contributed by atoms with E-state index in [9.17, 15) is 18.3 Å². The molecule has 0 aromatic heterocycles. The van der Waals surface area contributed by atoms with Gasteiger partial charge in [0.1, 0.15) is 4.90 Å². The summed E-state index contributed by atoms with van der Waals surface area (Å²) in [6.45, 7) is 0. The summed E-state index contributed by atoms with van der Waals surface area (Å²) < 4.78 is 30.0. The van der Waals surface area contributed by atoms with Crippen molar-refractivity contribution in [2.24, 2.45) is 0 Å². The van der Waals surface area contributed by atoms with Gasteiger partial charge in [-0.15, -0.1) is 0 Å². The van der Waals surface area contributed by atoms with Gasteiger partial charge in [-0.1, -0.05) is 0 Å². The number of hydrogen-bond donors (Lipinski definition) is 4. The Morgan fingerprint density at radius 3 is 2.27 bits per heavy atom. The molecule has 82 valence electrons. The van der Waals surface area contributed by atoms with E-state index in [1.807, 2.05) is 0 Å². The van der Waals surface area contributed by atoms with Gasteiger partial charge in [0.15, 0.2) is 5.75 Å². The van der Waals surface area contributed by atoms with Crippen LogP contribution in [0.25, 0.3) is 0 Å². The van der Waals surface area contributed by atoms with Crippen LogP contribution in [0.4, 0.5) is 5.69 Å². The highest BCUT2D eigenvalue weighted by Gasteiger charge is 2.21. The summed E-state index contributed by atoms with van der Waals surface area (Å²) in [6, 6.07) is 1.63. The van der Waals surface area contributed by atoms with Crippen LogP contribution < -0.4 is 5.73 Å². The van der Waals surface area contributed by atoms with Crippen LogP contribution in [-0.4, -0.2) is 29.2 Å². The summed E-state index contributed by atoms with van der Waals surface area (Å²) in [7, 11) is -4.62. The quantitative estimate of drug-likeness (QED) is 0.318. The number of anilines is 1. The number of phenols is 1. The van der Waals surface area contributed by atoms with Gasteiger partial charge >= 0.3 is 5.97 Å². The zero-order chi connectivity index (χ0) is 11.8. The van der Waals surface area contributed by atoms with E-state index in [1.54, 1.807) is 0 Å². The summed E-state index contributed by atoms with van der Waals surface area (Å²) in [6.07, 6.45) is 0. The van der Waals surface area contributed by atoms with Crippen molar-refractivity contribution in [2.45, 2.75) is 4.90 Å². The van der Waals surface area contributed by atoms with Crippen LogP contribution in [0, 0.1) is 0 Å². The lowest BCUT2D eigenvalue weighted by molar-refractivity contribution is 0.0697. The Kier molecular flexibility index (Phi) is 2.56. The number of carboxylic acids is 1. The lowest BCUT2D eigenvalue weighted by atomic mass is 10.1. The summed E-state index contributed by atoms with van der Waals surface area (Å²) in [5.74, 6) is -2.39. The van der Waals surface area contributed by atoms with Crippen LogP contribution >= 0.6 is 0 Å². The van der Waals surface area contributed by atoms with Gasteiger partial charge in [0.2, 0.25) is 0 Å². The number of hydrogen-bond acceptors (Lipinski definition) is 5. The first kappa shape index (κ1) is 11.3. The molecule has 5 N–H and O–H groups in total. The van der Waals surface area contributed by atoms with Gasteiger partial charge in [-0.2, -0.15) is 8.42 Å². The summed E-state index contributed by atoms with van der Waals surface area (Å²) in [4.78, 5) is 9.70. The Bertz CT molecular complexity index is 521. The number of carboxylic acid groups (broad SMARTS) is 1. The first-order chi connectivity index (χ1) is 6.75. The van der Waals surface area contributed by atoms with E-state index in [2.05, 4.69) is 0 Å². The Morgan fingerprint density at radius 2 is 1.87 bits per heavy atom. The lowest BCUT2D eigenvalue weighted by Gasteiger charge is -2.06. The fourth-order valence-corrected chi connectivity index (χ4v) is 1.58. The number of aromatic carboxylic acids is 1. The maximum Gasteiger partial charge on any atom is 0.337 e. The van der Waals surface area contributed by atoms with Gasteiger partial charge < -0.3 is 15.9 Å². The van der Waals surface area contributed by atoms with Gasteiger partial charge in [-0.05, 0) is 12.1 Å². The molecule has 0 saturated heterocycles. The fourth-order valence-electron chi connectivity index (χ4n) is 0.983. The lowest BCUT2D eigenvalue weighted by Crippen LogP contribution is -2.06. The number of nitrogen functional groups attached to an aromatic ring is 1. The van der Waals surface area contributed by atoms with E-state index in [0.29, 0.717) is 0 Å². The largest absolute Gasteiger partial charge is 0.504 e. The molecule has 0 unspecified atom stereocenters. The molecule has 1 aromatic carbocycles. The van der Waals surface area contributed by atoms with Crippen LogP contribution in [-0.2, 0) is 10.1 Å². The smallest absolute Gasteiger partial charge is 0.337 e. The highest BCUT2D eigenvalue weighted by molar-refractivity contribution is 7.86. The van der Waals surface area contributed by atoms with E-state index >= 15 is 0 Å². The van der Waals surface area contributed by atoms with Crippen molar-refractivity contribution in [3.8, 4) is 5.75 Å². The van der Waals surface area contributed by atoms with E-state index < -0.39 is 38.0 Å². The third kappa shape index (κ3) is 2.00. The second-order valence-corrected chi connectivity index (χ2v) is 4.04. The van der Waals surface area contributed by atoms with Crippen LogP contribution in [0.3, 0.4) is 0 Å². The number of benzene rings is 1. The number of rotatable bonds is 2. The molecule has 0 aliphatic rings. The summed E-state index contributed by atoms with van der Waals surface area (Å²) in [5.41, 5.74) is 4.12. The SMILES string of the molecule is Nc1c(C(=O)O)ccc(S(=O)(=O)O)c1O.